The Morgan fingerprint density at radius 2 is 2.04 bits per heavy atom. The summed E-state index contributed by atoms with van der Waals surface area (Å²) in [5.74, 6) is -0.501. The Morgan fingerprint density at radius 1 is 1.26 bits per heavy atom. The van der Waals surface area contributed by atoms with Gasteiger partial charge in [0.15, 0.2) is 5.78 Å². The molecule has 0 saturated carbocycles. The number of fused-ring (bicyclic) bond motifs is 2. The zero-order chi connectivity index (χ0) is 19.1. The fourth-order valence-corrected chi connectivity index (χ4v) is 3.66. The minimum absolute atomic E-state index is 0.0245. The highest BCUT2D eigenvalue weighted by Crippen LogP contribution is 2.42. The quantitative estimate of drug-likeness (QED) is 0.822. The Balaban J connectivity index is 1.84. The molecule has 2 aliphatic rings. The van der Waals surface area contributed by atoms with E-state index in [9.17, 15) is 14.4 Å². The smallest absolute Gasteiger partial charge is 0.354 e. The maximum Gasteiger partial charge on any atom is 0.354 e. The maximum absolute atomic E-state index is 12.6. The number of nitrogens with zero attached hydrogens (tertiary/aromatic N) is 1. The van der Waals surface area contributed by atoms with Crippen molar-refractivity contribution in [3.63, 3.8) is 0 Å². The summed E-state index contributed by atoms with van der Waals surface area (Å²) in [5, 5.41) is 3.84. The van der Waals surface area contributed by atoms with Gasteiger partial charge in [-0.1, -0.05) is 0 Å². The van der Waals surface area contributed by atoms with Crippen LogP contribution >= 0.6 is 0 Å². The van der Waals surface area contributed by atoms with Gasteiger partial charge in [-0.2, -0.15) is 0 Å². The molecule has 3 heterocycles. The van der Waals surface area contributed by atoms with Crippen LogP contribution in [-0.4, -0.2) is 48.2 Å². The molecule has 1 atom stereocenters. The predicted octanol–water partition coefficient (Wildman–Crippen LogP) is 2.14. The van der Waals surface area contributed by atoms with Gasteiger partial charge in [-0.3, -0.25) is 4.79 Å². The largest absolute Gasteiger partial charge is 0.475 e. The number of anilines is 1. The lowest BCUT2D eigenvalue weighted by Crippen LogP contribution is -2.39. The van der Waals surface area contributed by atoms with Crippen molar-refractivity contribution in [2.75, 3.05) is 25.1 Å². The van der Waals surface area contributed by atoms with Crippen LogP contribution in [0.5, 0.6) is 5.75 Å². The van der Waals surface area contributed by atoms with E-state index in [1.54, 1.807) is 26.0 Å². The lowest BCUT2D eigenvalue weighted by Gasteiger charge is -2.29. The summed E-state index contributed by atoms with van der Waals surface area (Å²) < 4.78 is 17.8. The van der Waals surface area contributed by atoms with Crippen LogP contribution in [0.1, 0.15) is 41.1 Å². The van der Waals surface area contributed by atoms with Crippen molar-refractivity contribution in [3.05, 3.63) is 23.4 Å². The van der Waals surface area contributed by atoms with E-state index in [-0.39, 0.29) is 32.0 Å². The van der Waals surface area contributed by atoms with Gasteiger partial charge in [0.25, 0.3) is 0 Å². The Hall–Kier alpha value is -3.03. The number of Topliss-reactive ketones (excluding diaryl/α,β-unsaturated/α-hetero) is 1. The molecule has 8 heteroatoms. The molecule has 1 aromatic heterocycles. The van der Waals surface area contributed by atoms with E-state index in [0.717, 1.165) is 0 Å². The summed E-state index contributed by atoms with van der Waals surface area (Å²) in [6.45, 7) is 4.65. The summed E-state index contributed by atoms with van der Waals surface area (Å²) in [5.41, 5.74) is 2.15. The molecule has 0 aliphatic carbocycles. The number of aromatic nitrogens is 1. The first kappa shape index (κ1) is 17.4. The van der Waals surface area contributed by atoms with E-state index >= 15 is 0 Å². The molecule has 0 spiro atoms. The first-order chi connectivity index (χ1) is 13.0. The average Bonchev–Trinajstić information content (AvgIpc) is 3.02. The molecule has 0 amide bonds. The van der Waals surface area contributed by atoms with Gasteiger partial charge < -0.3 is 24.1 Å². The number of aryl methyl sites for hydroxylation is 1. The van der Waals surface area contributed by atoms with Crippen LogP contribution in [0, 0.1) is 0 Å². The van der Waals surface area contributed by atoms with Crippen molar-refractivity contribution < 1.29 is 28.6 Å². The van der Waals surface area contributed by atoms with Gasteiger partial charge in [0.2, 0.25) is 6.10 Å². The van der Waals surface area contributed by atoms with Crippen LogP contribution < -0.4 is 10.1 Å². The summed E-state index contributed by atoms with van der Waals surface area (Å²) in [7, 11) is 0. The predicted molar refractivity (Wildman–Crippen MR) is 96.4 cm³/mol. The second kappa shape index (κ2) is 6.61. The molecule has 0 fully saturated rings. The lowest BCUT2D eigenvalue weighted by atomic mass is 9.98. The Bertz CT molecular complexity index is 961. The third-order valence-electron chi connectivity index (χ3n) is 4.75. The maximum atomic E-state index is 12.6. The highest BCUT2D eigenvalue weighted by atomic mass is 16.6. The number of rotatable bonds is 4. The van der Waals surface area contributed by atoms with E-state index < -0.39 is 18.0 Å². The van der Waals surface area contributed by atoms with Crippen LogP contribution in [0.4, 0.5) is 5.69 Å². The molecule has 1 aromatic carbocycles. The molecule has 27 heavy (non-hydrogen) atoms. The number of carbonyl (C=O) groups excluding carboxylic acids is 3. The van der Waals surface area contributed by atoms with Crippen molar-refractivity contribution in [1.82, 2.24) is 4.57 Å². The van der Waals surface area contributed by atoms with Crippen molar-refractivity contribution in [3.8, 4) is 5.75 Å². The first-order valence-electron chi connectivity index (χ1n) is 9.02. The number of hydrogen-bond donors (Lipinski definition) is 1. The normalized spacial score (nSPS) is 17.7. The molecule has 0 saturated heterocycles. The van der Waals surface area contributed by atoms with Crippen LogP contribution in [0.15, 0.2) is 12.1 Å². The minimum atomic E-state index is -0.785. The van der Waals surface area contributed by atoms with Crippen molar-refractivity contribution in [2.24, 2.45) is 0 Å². The minimum Gasteiger partial charge on any atom is -0.475 e. The number of esters is 2. The van der Waals surface area contributed by atoms with Gasteiger partial charge in [0.05, 0.1) is 36.5 Å². The highest BCUT2D eigenvalue weighted by molar-refractivity contribution is 6.16. The number of benzene rings is 1. The van der Waals surface area contributed by atoms with Crippen molar-refractivity contribution >= 4 is 34.3 Å². The number of ether oxygens (including phenoxy) is 3. The zero-order valence-electron chi connectivity index (χ0n) is 15.2. The summed E-state index contributed by atoms with van der Waals surface area (Å²) in [6, 6.07) is 3.44. The second-order valence-corrected chi connectivity index (χ2v) is 6.38. The van der Waals surface area contributed by atoms with E-state index in [1.807, 2.05) is 4.57 Å². The van der Waals surface area contributed by atoms with E-state index in [4.69, 9.17) is 14.2 Å². The number of carbonyl (C=O) groups is 3. The monoisotopic (exact) mass is 372 g/mol. The highest BCUT2D eigenvalue weighted by Gasteiger charge is 2.34. The summed E-state index contributed by atoms with van der Waals surface area (Å²) >= 11 is 0. The number of ketones is 1. The SMILES string of the molecule is CCOC(=O)c1cc2cc3c(c4c2n1CCC4=O)NC[C@H](C(=O)OCC)O3. The third kappa shape index (κ3) is 2.72. The molecule has 8 nitrogen and oxygen atoms in total. The molecule has 0 unspecified atom stereocenters. The Labute approximate surface area is 155 Å². The van der Waals surface area contributed by atoms with Crippen molar-refractivity contribution in [1.29, 1.82) is 0 Å². The molecule has 2 aromatic rings. The third-order valence-corrected chi connectivity index (χ3v) is 4.75. The van der Waals surface area contributed by atoms with Gasteiger partial charge in [-0.15, -0.1) is 0 Å². The summed E-state index contributed by atoms with van der Waals surface area (Å²) in [4.78, 5) is 37.0. The van der Waals surface area contributed by atoms with Gasteiger partial charge >= 0.3 is 11.9 Å². The van der Waals surface area contributed by atoms with Gasteiger partial charge in [-0.25, -0.2) is 9.59 Å². The van der Waals surface area contributed by atoms with Gasteiger partial charge in [0.1, 0.15) is 11.4 Å². The molecular formula is C19H20N2O6. The van der Waals surface area contributed by atoms with Gasteiger partial charge in [0, 0.05) is 18.4 Å². The second-order valence-electron chi connectivity index (χ2n) is 6.38. The molecule has 1 N–H and O–H groups in total. The first-order valence-corrected chi connectivity index (χ1v) is 9.02. The average molecular weight is 372 g/mol. The summed E-state index contributed by atoms with van der Waals surface area (Å²) in [6.07, 6.45) is -0.504. The molecule has 0 bridgehead atoms. The Morgan fingerprint density at radius 3 is 2.78 bits per heavy atom. The molecular weight excluding hydrogens is 352 g/mol. The van der Waals surface area contributed by atoms with E-state index in [0.29, 0.717) is 40.1 Å². The Kier molecular flexibility index (Phi) is 4.25. The standard InChI is InChI=1S/C19H20N2O6/c1-3-25-18(23)11-7-10-8-13-16(15-12(22)5-6-21(11)17(10)15)20-9-14(27-13)19(24)26-4-2/h7-8,14,20H,3-6,9H2,1-2H3/t14-/m1/s1. The van der Waals surface area contributed by atoms with E-state index in [1.165, 1.54) is 0 Å². The molecule has 0 radical (unpaired) electrons. The molecule has 142 valence electrons. The van der Waals surface area contributed by atoms with Crippen molar-refractivity contribution in [2.45, 2.75) is 32.9 Å². The fourth-order valence-electron chi connectivity index (χ4n) is 3.66. The van der Waals surface area contributed by atoms with Gasteiger partial charge in [-0.05, 0) is 26.0 Å². The van der Waals surface area contributed by atoms with Crippen LogP contribution in [0.25, 0.3) is 10.9 Å². The number of nitrogens with one attached hydrogen (secondary N) is 1. The van der Waals surface area contributed by atoms with Crippen LogP contribution in [0.3, 0.4) is 0 Å². The lowest BCUT2D eigenvalue weighted by molar-refractivity contribution is -0.150. The fraction of sp³-hybridized carbons (Fsp3) is 0.421. The molecule has 2 aliphatic heterocycles. The number of hydrogen-bond acceptors (Lipinski definition) is 7. The molecule has 4 rings (SSSR count). The van der Waals surface area contributed by atoms with Crippen LogP contribution in [-0.2, 0) is 20.8 Å². The zero-order valence-corrected chi connectivity index (χ0v) is 15.2. The van der Waals surface area contributed by atoms with E-state index in [2.05, 4.69) is 5.32 Å². The topological polar surface area (TPSA) is 95.9 Å². The van der Waals surface area contributed by atoms with Crippen LogP contribution in [0.2, 0.25) is 0 Å².